The van der Waals surface area contributed by atoms with Crippen LogP contribution >= 0.6 is 27.7 Å². The van der Waals surface area contributed by atoms with Gasteiger partial charge in [-0.25, -0.2) is 9.38 Å². The van der Waals surface area contributed by atoms with Crippen LogP contribution in [0.4, 0.5) is 10.1 Å². The molecular weight excluding hydrogens is 527 g/mol. The van der Waals surface area contributed by atoms with E-state index in [2.05, 4.69) is 26.2 Å². The molecule has 1 aliphatic rings. The molecule has 10 heteroatoms. The lowest BCUT2D eigenvalue weighted by molar-refractivity contribution is -0.139. The number of hydrogen-bond acceptors (Lipinski definition) is 6. The number of aromatic hydroxyl groups is 1. The molecule has 180 valence electrons. The van der Waals surface area contributed by atoms with Crippen molar-refractivity contribution in [2.24, 2.45) is 10.9 Å². The molecule has 0 bridgehead atoms. The zero-order valence-corrected chi connectivity index (χ0v) is 21.2. The fourth-order valence-corrected chi connectivity index (χ4v) is 4.67. The number of thioether (sulfide) groups is 1. The molecule has 0 aromatic heterocycles. The van der Waals surface area contributed by atoms with Crippen LogP contribution in [-0.4, -0.2) is 34.4 Å². The Bertz CT molecular complexity index is 1180. The Balaban J connectivity index is 1.83. The summed E-state index contributed by atoms with van der Waals surface area (Å²) in [7, 11) is 1.42. The average molecular weight is 551 g/mol. The number of ether oxygens (including phenoxy) is 1. The summed E-state index contributed by atoms with van der Waals surface area (Å²) in [5.74, 6) is -2.63. The summed E-state index contributed by atoms with van der Waals surface area (Å²) in [6, 6.07) is 7.35. The van der Waals surface area contributed by atoms with E-state index in [1.54, 1.807) is 12.1 Å². The highest BCUT2D eigenvalue weighted by Crippen LogP contribution is 2.37. The lowest BCUT2D eigenvalue weighted by atomic mass is 9.91. The first-order valence-electron chi connectivity index (χ1n) is 10.5. The molecule has 1 heterocycles. The summed E-state index contributed by atoms with van der Waals surface area (Å²) in [5, 5.41) is 22.7. The van der Waals surface area contributed by atoms with E-state index in [1.165, 1.54) is 25.3 Å². The molecule has 1 amide bonds. The number of carbonyl (C=O) groups is 2. The van der Waals surface area contributed by atoms with Crippen molar-refractivity contribution in [2.45, 2.75) is 32.6 Å². The number of rotatable bonds is 8. The molecule has 0 aliphatic carbocycles. The molecule has 0 radical (unpaired) electrons. The molecule has 0 spiro atoms. The molecule has 34 heavy (non-hydrogen) atoms. The third-order valence-corrected chi connectivity index (χ3v) is 6.52. The zero-order valence-electron chi connectivity index (χ0n) is 18.8. The van der Waals surface area contributed by atoms with Crippen LogP contribution in [0.25, 0.3) is 6.08 Å². The lowest BCUT2D eigenvalue weighted by Crippen LogP contribution is -2.19. The van der Waals surface area contributed by atoms with E-state index in [0.717, 1.165) is 17.8 Å². The number of aliphatic carboxylic acids is 1. The quantitative estimate of drug-likeness (QED) is 0.358. The second kappa shape index (κ2) is 11.1. The molecule has 1 unspecified atom stereocenters. The van der Waals surface area contributed by atoms with Crippen LogP contribution in [0.1, 0.15) is 43.7 Å². The predicted molar refractivity (Wildman–Crippen MR) is 134 cm³/mol. The Hall–Kier alpha value is -2.85. The molecule has 1 atom stereocenters. The number of aliphatic imine (C=N–C) groups is 1. The molecule has 2 aromatic carbocycles. The monoisotopic (exact) mass is 550 g/mol. The highest BCUT2D eigenvalue weighted by molar-refractivity contribution is 9.10. The Kier molecular flexibility index (Phi) is 8.37. The molecule has 7 nitrogen and oxygen atoms in total. The zero-order chi connectivity index (χ0) is 25.0. The van der Waals surface area contributed by atoms with Gasteiger partial charge in [-0.2, -0.15) is 0 Å². The first-order chi connectivity index (χ1) is 16.1. The average Bonchev–Trinajstić information content (AvgIpc) is 3.09. The van der Waals surface area contributed by atoms with Gasteiger partial charge in [-0.05, 0) is 60.9 Å². The SMILES string of the molecule is COc1cc(Br)cc(/C=C2\SC(=Nc3ccc(C(CCC(C)C)C(=O)O)c(F)c3)NC2=O)c1O. The number of halogens is 2. The van der Waals surface area contributed by atoms with E-state index in [-0.39, 0.29) is 32.8 Å². The molecule has 1 saturated heterocycles. The van der Waals surface area contributed by atoms with Gasteiger partial charge in [-0.3, -0.25) is 9.59 Å². The van der Waals surface area contributed by atoms with Gasteiger partial charge in [0.25, 0.3) is 5.91 Å². The van der Waals surface area contributed by atoms with Crippen molar-refractivity contribution < 1.29 is 28.9 Å². The van der Waals surface area contributed by atoms with Crippen LogP contribution in [0.3, 0.4) is 0 Å². The second-order valence-corrected chi connectivity index (χ2v) is 10.0. The van der Waals surface area contributed by atoms with Gasteiger partial charge in [-0.1, -0.05) is 35.8 Å². The number of phenols is 1. The van der Waals surface area contributed by atoms with Crippen LogP contribution in [0.15, 0.2) is 44.7 Å². The van der Waals surface area contributed by atoms with Gasteiger partial charge in [0, 0.05) is 15.6 Å². The van der Waals surface area contributed by atoms with Gasteiger partial charge in [0.1, 0.15) is 5.82 Å². The third kappa shape index (κ3) is 6.18. The van der Waals surface area contributed by atoms with Crippen LogP contribution in [0, 0.1) is 11.7 Å². The second-order valence-electron chi connectivity index (χ2n) is 8.10. The van der Waals surface area contributed by atoms with Gasteiger partial charge in [0.15, 0.2) is 16.7 Å². The van der Waals surface area contributed by atoms with Crippen molar-refractivity contribution in [3.8, 4) is 11.5 Å². The normalized spacial score (nSPS) is 16.8. The van der Waals surface area contributed by atoms with Gasteiger partial charge >= 0.3 is 5.97 Å². The minimum Gasteiger partial charge on any atom is -0.504 e. The minimum atomic E-state index is -1.07. The third-order valence-electron chi connectivity index (χ3n) is 5.15. The van der Waals surface area contributed by atoms with Crippen molar-refractivity contribution in [1.82, 2.24) is 5.32 Å². The number of carbonyl (C=O) groups excluding carboxylic acids is 1. The lowest BCUT2D eigenvalue weighted by Gasteiger charge is -2.15. The Morgan fingerprint density at radius 2 is 2.03 bits per heavy atom. The number of benzene rings is 2. The number of methoxy groups -OCH3 is 1. The van der Waals surface area contributed by atoms with Crippen LogP contribution in [-0.2, 0) is 9.59 Å². The highest BCUT2D eigenvalue weighted by Gasteiger charge is 2.26. The standard InChI is InChI=1S/C24H24BrFN2O5S/c1-12(2)4-6-17(23(31)32)16-7-5-15(11-18(16)26)27-24-28-22(30)20(34-24)9-13-8-14(25)10-19(33-3)21(13)29/h5,7-12,17,29H,4,6H2,1-3H3,(H,31,32)(H,27,28,30)/b20-9-. The van der Waals surface area contributed by atoms with Gasteiger partial charge in [0.2, 0.25) is 0 Å². The summed E-state index contributed by atoms with van der Waals surface area (Å²) in [4.78, 5) is 28.6. The van der Waals surface area contributed by atoms with E-state index in [9.17, 15) is 24.2 Å². The number of carboxylic acid groups (broad SMARTS) is 1. The Morgan fingerprint density at radius 1 is 1.29 bits per heavy atom. The molecule has 1 fully saturated rings. The maximum Gasteiger partial charge on any atom is 0.311 e. The number of amides is 1. The van der Waals surface area contributed by atoms with E-state index < -0.39 is 23.6 Å². The van der Waals surface area contributed by atoms with E-state index in [0.29, 0.717) is 28.8 Å². The highest BCUT2D eigenvalue weighted by atomic mass is 79.9. The largest absolute Gasteiger partial charge is 0.504 e. The molecule has 1 aliphatic heterocycles. The van der Waals surface area contributed by atoms with Crippen molar-refractivity contribution >= 4 is 56.5 Å². The summed E-state index contributed by atoms with van der Waals surface area (Å²) >= 11 is 4.37. The van der Waals surface area contributed by atoms with E-state index >= 15 is 0 Å². The van der Waals surface area contributed by atoms with Crippen molar-refractivity contribution in [2.75, 3.05) is 7.11 Å². The number of nitrogens with one attached hydrogen (secondary N) is 1. The van der Waals surface area contributed by atoms with Gasteiger partial charge in [-0.15, -0.1) is 0 Å². The van der Waals surface area contributed by atoms with Crippen molar-refractivity contribution in [3.63, 3.8) is 0 Å². The van der Waals surface area contributed by atoms with E-state index in [1.807, 2.05) is 13.8 Å². The first kappa shape index (κ1) is 25.8. The Morgan fingerprint density at radius 3 is 2.65 bits per heavy atom. The first-order valence-corrected chi connectivity index (χ1v) is 12.1. The summed E-state index contributed by atoms with van der Waals surface area (Å²) in [6.45, 7) is 3.97. The van der Waals surface area contributed by atoms with Crippen LogP contribution in [0.5, 0.6) is 11.5 Å². The fourth-order valence-electron chi connectivity index (χ4n) is 3.38. The molecular formula is C24H24BrFN2O5S. The Labute approximate surface area is 209 Å². The maximum atomic E-state index is 14.8. The number of carboxylic acids is 1. The van der Waals surface area contributed by atoms with E-state index in [4.69, 9.17) is 4.74 Å². The van der Waals surface area contributed by atoms with Gasteiger partial charge in [0.05, 0.1) is 23.6 Å². The topological polar surface area (TPSA) is 108 Å². The van der Waals surface area contributed by atoms with Crippen LogP contribution < -0.4 is 10.1 Å². The molecule has 3 N–H and O–H groups in total. The summed E-state index contributed by atoms with van der Waals surface area (Å²) in [5.41, 5.74) is 0.728. The number of amidine groups is 1. The fraction of sp³-hybridized carbons (Fsp3) is 0.292. The molecule has 0 saturated carbocycles. The van der Waals surface area contributed by atoms with Crippen molar-refractivity contribution in [1.29, 1.82) is 0 Å². The smallest absolute Gasteiger partial charge is 0.311 e. The predicted octanol–water partition coefficient (Wildman–Crippen LogP) is 5.80. The molecule has 3 rings (SSSR count). The number of hydrogen-bond donors (Lipinski definition) is 3. The van der Waals surface area contributed by atoms with Crippen LogP contribution in [0.2, 0.25) is 0 Å². The minimum absolute atomic E-state index is 0.111. The van der Waals surface area contributed by atoms with Gasteiger partial charge < -0.3 is 20.3 Å². The summed E-state index contributed by atoms with van der Waals surface area (Å²) < 4.78 is 20.6. The number of nitrogens with zero attached hydrogens (tertiary/aromatic N) is 1. The number of phenolic OH excluding ortho intramolecular Hbond substituents is 1. The summed E-state index contributed by atoms with van der Waals surface area (Å²) in [6.07, 6.45) is 2.50. The molecule has 2 aromatic rings. The van der Waals surface area contributed by atoms with Crippen molar-refractivity contribution in [3.05, 3.63) is 56.7 Å². The maximum absolute atomic E-state index is 14.8.